The number of benzene rings is 1. The van der Waals surface area contributed by atoms with Crippen molar-refractivity contribution in [3.63, 3.8) is 0 Å². The zero-order chi connectivity index (χ0) is 17.0. The highest BCUT2D eigenvalue weighted by Crippen LogP contribution is 2.22. The molecule has 6 nitrogen and oxygen atoms in total. The molecule has 0 unspecified atom stereocenters. The molecule has 0 fully saturated rings. The summed E-state index contributed by atoms with van der Waals surface area (Å²) in [5.74, 6) is -1.30. The Labute approximate surface area is 142 Å². The van der Waals surface area contributed by atoms with Crippen molar-refractivity contribution in [3.05, 3.63) is 52.1 Å². The molecule has 120 valence electrons. The van der Waals surface area contributed by atoms with Crippen LogP contribution in [-0.2, 0) is 9.53 Å². The number of phenols is 1. The number of hydrogen-bond donors (Lipinski definition) is 2. The molecule has 2 rings (SSSR count). The summed E-state index contributed by atoms with van der Waals surface area (Å²) >= 11 is 11.6. The molecular formula is C15H12Cl2N2O4. The molecule has 1 atom stereocenters. The van der Waals surface area contributed by atoms with Crippen LogP contribution in [0.25, 0.3) is 0 Å². The second-order valence-corrected chi connectivity index (χ2v) is 5.41. The van der Waals surface area contributed by atoms with E-state index in [1.807, 2.05) is 0 Å². The smallest absolute Gasteiger partial charge is 0.339 e. The van der Waals surface area contributed by atoms with Gasteiger partial charge in [0.25, 0.3) is 5.91 Å². The molecule has 23 heavy (non-hydrogen) atoms. The second kappa shape index (κ2) is 7.30. The third-order valence-corrected chi connectivity index (χ3v) is 3.28. The molecule has 2 N–H and O–H groups in total. The molecule has 0 radical (unpaired) electrons. The van der Waals surface area contributed by atoms with Gasteiger partial charge < -0.3 is 15.2 Å². The van der Waals surface area contributed by atoms with Gasteiger partial charge in [0.15, 0.2) is 11.9 Å². The fourth-order valence-electron chi connectivity index (χ4n) is 1.64. The van der Waals surface area contributed by atoms with Crippen molar-refractivity contribution in [3.8, 4) is 5.75 Å². The van der Waals surface area contributed by atoms with Gasteiger partial charge in [0, 0.05) is 6.20 Å². The Kier molecular flexibility index (Phi) is 5.41. The van der Waals surface area contributed by atoms with Crippen LogP contribution >= 0.6 is 23.2 Å². The van der Waals surface area contributed by atoms with Crippen LogP contribution in [0.15, 0.2) is 36.5 Å². The molecule has 0 saturated heterocycles. The highest BCUT2D eigenvalue weighted by atomic mass is 35.5. The minimum absolute atomic E-state index is 0.0753. The summed E-state index contributed by atoms with van der Waals surface area (Å²) in [6.45, 7) is 1.40. The number of nitrogens with one attached hydrogen (secondary N) is 1. The van der Waals surface area contributed by atoms with E-state index in [0.29, 0.717) is 5.02 Å². The second-order valence-electron chi connectivity index (χ2n) is 4.57. The van der Waals surface area contributed by atoms with E-state index in [0.717, 1.165) is 0 Å². The van der Waals surface area contributed by atoms with Gasteiger partial charge in [-0.25, -0.2) is 9.78 Å². The average molecular weight is 355 g/mol. The molecule has 0 aliphatic carbocycles. The SMILES string of the molecule is C[C@@H](OC(=O)c1cccc(O)c1)C(=O)Nc1ncc(Cl)cc1Cl. The molecule has 0 saturated carbocycles. The third-order valence-electron chi connectivity index (χ3n) is 2.78. The van der Waals surface area contributed by atoms with E-state index in [1.54, 1.807) is 0 Å². The third kappa shape index (κ3) is 4.58. The van der Waals surface area contributed by atoms with Crippen LogP contribution in [0, 0.1) is 0 Å². The van der Waals surface area contributed by atoms with E-state index in [-0.39, 0.29) is 22.2 Å². The van der Waals surface area contributed by atoms with Gasteiger partial charge in [-0.15, -0.1) is 0 Å². The lowest BCUT2D eigenvalue weighted by Crippen LogP contribution is -2.30. The average Bonchev–Trinajstić information content (AvgIpc) is 2.49. The van der Waals surface area contributed by atoms with Crippen LogP contribution in [0.5, 0.6) is 5.75 Å². The van der Waals surface area contributed by atoms with Crippen molar-refractivity contribution >= 4 is 40.9 Å². The first-order chi connectivity index (χ1) is 10.9. The first-order valence-corrected chi connectivity index (χ1v) is 7.24. The largest absolute Gasteiger partial charge is 0.508 e. The number of phenolic OH excluding ortho intramolecular Hbond substituents is 1. The highest BCUT2D eigenvalue weighted by molar-refractivity contribution is 6.36. The van der Waals surface area contributed by atoms with Gasteiger partial charge in [-0.1, -0.05) is 29.3 Å². The number of esters is 1. The predicted octanol–water partition coefficient (Wildman–Crippen LogP) is 3.28. The van der Waals surface area contributed by atoms with Crippen molar-refractivity contribution in [1.82, 2.24) is 4.98 Å². The van der Waals surface area contributed by atoms with Gasteiger partial charge in [-0.2, -0.15) is 0 Å². The monoisotopic (exact) mass is 354 g/mol. The molecule has 0 spiro atoms. The van der Waals surface area contributed by atoms with Crippen molar-refractivity contribution in [2.24, 2.45) is 0 Å². The van der Waals surface area contributed by atoms with Crippen LogP contribution < -0.4 is 5.32 Å². The standard InChI is InChI=1S/C15H12Cl2N2O4/c1-8(23-15(22)9-3-2-4-11(20)5-9)14(21)19-13-12(17)6-10(16)7-18-13/h2-8,20H,1H3,(H,18,19,21)/t8-/m1/s1. The summed E-state index contributed by atoms with van der Waals surface area (Å²) < 4.78 is 5.03. The Balaban J connectivity index is 2.01. The van der Waals surface area contributed by atoms with Gasteiger partial charge >= 0.3 is 5.97 Å². The topological polar surface area (TPSA) is 88.5 Å². The van der Waals surface area contributed by atoms with Crippen molar-refractivity contribution < 1.29 is 19.4 Å². The number of halogens is 2. The minimum Gasteiger partial charge on any atom is -0.508 e. The summed E-state index contributed by atoms with van der Waals surface area (Å²) in [5.41, 5.74) is 0.132. The van der Waals surface area contributed by atoms with E-state index in [2.05, 4.69) is 10.3 Å². The first kappa shape index (κ1) is 17.1. The summed E-state index contributed by atoms with van der Waals surface area (Å²) in [6.07, 6.45) is 0.241. The van der Waals surface area contributed by atoms with Crippen LogP contribution in [0.4, 0.5) is 5.82 Å². The maximum Gasteiger partial charge on any atom is 0.339 e. The molecule has 1 amide bonds. The van der Waals surface area contributed by atoms with Crippen LogP contribution in [0.3, 0.4) is 0 Å². The van der Waals surface area contributed by atoms with Gasteiger partial charge in [0.2, 0.25) is 0 Å². The summed E-state index contributed by atoms with van der Waals surface area (Å²) in [5, 5.41) is 12.3. The maximum absolute atomic E-state index is 12.0. The molecule has 8 heteroatoms. The zero-order valence-electron chi connectivity index (χ0n) is 11.9. The fraction of sp³-hybridized carbons (Fsp3) is 0.133. The Bertz CT molecular complexity index is 752. The van der Waals surface area contributed by atoms with E-state index in [9.17, 15) is 14.7 Å². The summed E-state index contributed by atoms with van der Waals surface area (Å²) in [7, 11) is 0. The number of aromatic nitrogens is 1. The molecule has 0 aliphatic heterocycles. The maximum atomic E-state index is 12.0. The number of nitrogens with zero attached hydrogens (tertiary/aromatic N) is 1. The van der Waals surface area contributed by atoms with Crippen molar-refractivity contribution in [1.29, 1.82) is 0 Å². The molecule has 0 bridgehead atoms. The molecule has 1 aromatic heterocycles. The Morgan fingerprint density at radius 2 is 2.04 bits per heavy atom. The number of carbonyl (C=O) groups excluding carboxylic acids is 2. The Hall–Kier alpha value is -2.31. The lowest BCUT2D eigenvalue weighted by molar-refractivity contribution is -0.123. The van der Waals surface area contributed by atoms with E-state index in [1.165, 1.54) is 43.5 Å². The zero-order valence-corrected chi connectivity index (χ0v) is 13.4. The molecule has 2 aromatic rings. The minimum atomic E-state index is -1.08. The number of rotatable bonds is 4. The van der Waals surface area contributed by atoms with Gasteiger partial charge in [-0.3, -0.25) is 4.79 Å². The van der Waals surface area contributed by atoms with Crippen LogP contribution in [0.2, 0.25) is 10.0 Å². The summed E-state index contributed by atoms with van der Waals surface area (Å²) in [4.78, 5) is 27.8. The predicted molar refractivity (Wildman–Crippen MR) is 85.9 cm³/mol. The quantitative estimate of drug-likeness (QED) is 0.822. The molecule has 1 heterocycles. The van der Waals surface area contributed by atoms with E-state index in [4.69, 9.17) is 27.9 Å². The van der Waals surface area contributed by atoms with Crippen LogP contribution in [0.1, 0.15) is 17.3 Å². The van der Waals surface area contributed by atoms with Gasteiger partial charge in [0.1, 0.15) is 5.75 Å². The van der Waals surface area contributed by atoms with Crippen molar-refractivity contribution in [2.75, 3.05) is 5.32 Å². The molecular weight excluding hydrogens is 343 g/mol. The van der Waals surface area contributed by atoms with Gasteiger partial charge in [0.05, 0.1) is 15.6 Å². The number of hydrogen-bond acceptors (Lipinski definition) is 5. The number of aromatic hydroxyl groups is 1. The number of pyridine rings is 1. The van der Waals surface area contributed by atoms with E-state index >= 15 is 0 Å². The normalized spacial score (nSPS) is 11.6. The van der Waals surface area contributed by atoms with E-state index < -0.39 is 18.0 Å². The number of anilines is 1. The molecule has 0 aliphatic rings. The van der Waals surface area contributed by atoms with Crippen molar-refractivity contribution in [2.45, 2.75) is 13.0 Å². The lowest BCUT2D eigenvalue weighted by atomic mass is 10.2. The highest BCUT2D eigenvalue weighted by Gasteiger charge is 2.20. The fourth-order valence-corrected chi connectivity index (χ4v) is 2.07. The van der Waals surface area contributed by atoms with Gasteiger partial charge in [-0.05, 0) is 31.2 Å². The Morgan fingerprint density at radius 1 is 1.30 bits per heavy atom. The lowest BCUT2D eigenvalue weighted by Gasteiger charge is -2.13. The number of amides is 1. The Morgan fingerprint density at radius 3 is 2.70 bits per heavy atom. The molecule has 1 aromatic carbocycles. The summed E-state index contributed by atoms with van der Waals surface area (Å²) in [6, 6.07) is 7.04. The van der Waals surface area contributed by atoms with Crippen LogP contribution in [-0.4, -0.2) is 28.1 Å². The first-order valence-electron chi connectivity index (χ1n) is 6.48. The number of ether oxygens (including phenoxy) is 1. The number of carbonyl (C=O) groups is 2.